The molecule has 2 bridgehead atoms. The van der Waals surface area contributed by atoms with E-state index in [1.165, 1.54) is 17.5 Å². The van der Waals surface area contributed by atoms with Crippen molar-refractivity contribution in [2.45, 2.75) is 11.8 Å². The number of hydrogen-bond acceptors (Lipinski definition) is 0. The molecular formula is C21H18. The predicted octanol–water partition coefficient (Wildman–Crippen LogP) is 4.84. The van der Waals surface area contributed by atoms with Gasteiger partial charge in [0.2, 0.25) is 0 Å². The van der Waals surface area contributed by atoms with Gasteiger partial charge >= 0.3 is 0 Å². The Morgan fingerprint density at radius 1 is 0.857 bits per heavy atom. The zero-order valence-corrected chi connectivity index (χ0v) is 11.9. The fraction of sp³-hybridized carbons (Fsp3) is 0.238. The molecule has 2 unspecified atom stereocenters. The molecule has 0 N–H and O–H groups in total. The van der Waals surface area contributed by atoms with Gasteiger partial charge < -0.3 is 0 Å². The van der Waals surface area contributed by atoms with Crippen molar-refractivity contribution in [3.05, 3.63) is 90.0 Å². The van der Waals surface area contributed by atoms with E-state index in [0.717, 1.165) is 5.92 Å². The van der Waals surface area contributed by atoms with Crippen LogP contribution in [0, 0.1) is 17.8 Å². The zero-order valence-electron chi connectivity index (χ0n) is 11.9. The Bertz CT molecular complexity index is 738. The van der Waals surface area contributed by atoms with Crippen molar-refractivity contribution < 1.29 is 0 Å². The highest BCUT2D eigenvalue weighted by molar-refractivity contribution is 5.74. The number of benzene rings is 2. The maximum atomic E-state index is 2.57. The molecule has 0 aliphatic heterocycles. The van der Waals surface area contributed by atoms with E-state index in [0.29, 0.717) is 17.3 Å². The molecule has 0 heteroatoms. The molecule has 3 aliphatic carbocycles. The molecule has 4 atom stereocenters. The van der Waals surface area contributed by atoms with E-state index in [2.05, 4.69) is 78.9 Å². The van der Waals surface area contributed by atoms with E-state index in [9.17, 15) is 0 Å². The highest BCUT2D eigenvalue weighted by atomic mass is 14.7. The van der Waals surface area contributed by atoms with Crippen LogP contribution >= 0.6 is 0 Å². The van der Waals surface area contributed by atoms with E-state index in [-0.39, 0.29) is 0 Å². The van der Waals surface area contributed by atoms with Gasteiger partial charge in [-0.15, -0.1) is 0 Å². The van der Waals surface area contributed by atoms with Crippen LogP contribution in [0.15, 0.2) is 78.9 Å². The van der Waals surface area contributed by atoms with Crippen LogP contribution in [0.5, 0.6) is 0 Å². The minimum absolute atomic E-state index is 0.300. The van der Waals surface area contributed by atoms with Gasteiger partial charge in [-0.2, -0.15) is 0 Å². The van der Waals surface area contributed by atoms with Crippen molar-refractivity contribution >= 4 is 5.57 Å². The summed E-state index contributed by atoms with van der Waals surface area (Å²) in [5.74, 6) is 2.14. The molecule has 3 aliphatic rings. The lowest BCUT2D eigenvalue weighted by molar-refractivity contribution is 0.559. The topological polar surface area (TPSA) is 0 Å². The highest BCUT2D eigenvalue weighted by Gasteiger charge is 2.65. The third-order valence-corrected chi connectivity index (χ3v) is 5.74. The summed E-state index contributed by atoms with van der Waals surface area (Å²) >= 11 is 0. The molecule has 5 rings (SSSR count). The lowest BCUT2D eigenvalue weighted by Gasteiger charge is -2.24. The monoisotopic (exact) mass is 270 g/mol. The quantitative estimate of drug-likeness (QED) is 0.685. The molecule has 0 aromatic heterocycles. The van der Waals surface area contributed by atoms with Crippen molar-refractivity contribution in [2.24, 2.45) is 17.8 Å². The van der Waals surface area contributed by atoms with Gasteiger partial charge in [0.05, 0.1) is 0 Å². The lowest BCUT2D eigenvalue weighted by Crippen LogP contribution is -2.14. The summed E-state index contributed by atoms with van der Waals surface area (Å²) in [6, 6.07) is 22.0. The second kappa shape index (κ2) is 3.98. The smallest absolute Gasteiger partial charge is 0.0233 e. The summed E-state index contributed by atoms with van der Waals surface area (Å²) < 4.78 is 0. The molecule has 0 saturated heterocycles. The van der Waals surface area contributed by atoms with Gasteiger partial charge in [0.15, 0.2) is 0 Å². The van der Waals surface area contributed by atoms with Gasteiger partial charge in [0.1, 0.15) is 0 Å². The van der Waals surface area contributed by atoms with Crippen LogP contribution in [-0.2, 0) is 5.41 Å². The Hall–Kier alpha value is -2.08. The molecule has 2 aromatic carbocycles. The second-order valence-corrected chi connectivity index (χ2v) is 6.62. The Morgan fingerprint density at radius 2 is 1.57 bits per heavy atom. The molecule has 2 aromatic rings. The molecule has 102 valence electrons. The summed E-state index contributed by atoms with van der Waals surface area (Å²) in [6.45, 7) is 0. The fourth-order valence-electron chi connectivity index (χ4n) is 4.69. The van der Waals surface area contributed by atoms with Gasteiger partial charge in [0, 0.05) is 11.3 Å². The van der Waals surface area contributed by atoms with Crippen molar-refractivity contribution in [1.82, 2.24) is 0 Å². The second-order valence-electron chi connectivity index (χ2n) is 6.62. The van der Waals surface area contributed by atoms with Crippen LogP contribution in [0.1, 0.15) is 17.5 Å². The molecule has 0 nitrogen and oxygen atoms in total. The summed E-state index contributed by atoms with van der Waals surface area (Å²) in [5.41, 5.74) is 4.75. The molecule has 1 fully saturated rings. The Balaban J connectivity index is 1.62. The van der Waals surface area contributed by atoms with Crippen molar-refractivity contribution in [2.75, 3.05) is 0 Å². The molecule has 1 saturated carbocycles. The van der Waals surface area contributed by atoms with Crippen LogP contribution in [-0.4, -0.2) is 0 Å². The normalized spacial score (nSPS) is 35.2. The van der Waals surface area contributed by atoms with Crippen LogP contribution in [0.2, 0.25) is 0 Å². The molecule has 0 heterocycles. The average molecular weight is 270 g/mol. The molecule has 0 spiro atoms. The van der Waals surface area contributed by atoms with Gasteiger partial charge in [-0.05, 0) is 35.0 Å². The van der Waals surface area contributed by atoms with E-state index in [1.54, 1.807) is 5.57 Å². The molecule has 0 radical (unpaired) electrons. The maximum absolute atomic E-state index is 2.57. The van der Waals surface area contributed by atoms with Crippen molar-refractivity contribution in [3.63, 3.8) is 0 Å². The van der Waals surface area contributed by atoms with Crippen LogP contribution in [0.25, 0.3) is 5.57 Å². The van der Waals surface area contributed by atoms with Gasteiger partial charge in [-0.3, -0.25) is 0 Å². The molecular weight excluding hydrogens is 252 g/mol. The summed E-state index contributed by atoms with van der Waals surface area (Å²) in [5, 5.41) is 0. The van der Waals surface area contributed by atoms with Crippen molar-refractivity contribution in [1.29, 1.82) is 0 Å². The fourth-order valence-corrected chi connectivity index (χ4v) is 4.69. The zero-order chi connectivity index (χ0) is 13.9. The van der Waals surface area contributed by atoms with Crippen molar-refractivity contribution in [3.8, 4) is 0 Å². The number of rotatable bonds is 2. The number of allylic oxidation sites excluding steroid dienone is 4. The predicted molar refractivity (Wildman–Crippen MR) is 86.8 cm³/mol. The standard InChI is InChI=1S/C21H18/c1-3-7-15(8-4-1)18-14-20-19-13-16(18)11-12-21(19,20)17-9-5-2-6-10-17/h1-12,14,16,19-20H,13H2/t16-,19+,20?,21?/m1/s1. The lowest BCUT2D eigenvalue weighted by atomic mass is 9.80. The minimum Gasteiger partial charge on any atom is -0.0801 e. The van der Waals surface area contributed by atoms with Crippen LogP contribution in [0.3, 0.4) is 0 Å². The number of fused-ring (bicyclic) bond motifs is 2. The molecule has 0 amide bonds. The Labute approximate surface area is 125 Å². The molecule has 21 heavy (non-hydrogen) atoms. The average Bonchev–Trinajstić information content (AvgIpc) is 3.28. The van der Waals surface area contributed by atoms with E-state index in [4.69, 9.17) is 0 Å². The third kappa shape index (κ3) is 1.45. The summed E-state index contributed by atoms with van der Waals surface area (Å²) in [4.78, 5) is 0. The first-order valence-corrected chi connectivity index (χ1v) is 7.91. The van der Waals surface area contributed by atoms with Gasteiger partial charge in [-0.25, -0.2) is 0 Å². The largest absolute Gasteiger partial charge is 0.0801 e. The minimum atomic E-state index is 0.300. The van der Waals surface area contributed by atoms with Gasteiger partial charge in [-0.1, -0.05) is 78.9 Å². The highest BCUT2D eigenvalue weighted by Crippen LogP contribution is 2.70. The van der Waals surface area contributed by atoms with E-state index >= 15 is 0 Å². The Kier molecular flexibility index (Phi) is 2.19. The first kappa shape index (κ1) is 11.6. The Morgan fingerprint density at radius 3 is 2.33 bits per heavy atom. The van der Waals surface area contributed by atoms with Crippen LogP contribution in [0.4, 0.5) is 0 Å². The SMILES string of the molecule is C1=CC2(c3ccccc3)C3C=C(c4ccccc4)[C@H]1C[C@@H]32. The van der Waals surface area contributed by atoms with E-state index < -0.39 is 0 Å². The third-order valence-electron chi connectivity index (χ3n) is 5.74. The van der Waals surface area contributed by atoms with Gasteiger partial charge in [0.25, 0.3) is 0 Å². The number of hydrogen-bond donors (Lipinski definition) is 0. The summed E-state index contributed by atoms with van der Waals surface area (Å²) in [7, 11) is 0. The first-order valence-electron chi connectivity index (χ1n) is 7.91. The first-order chi connectivity index (χ1) is 10.4. The maximum Gasteiger partial charge on any atom is 0.0233 e. The van der Waals surface area contributed by atoms with E-state index in [1.807, 2.05) is 0 Å². The van der Waals surface area contributed by atoms with Crippen LogP contribution < -0.4 is 0 Å². The summed E-state index contributed by atoms with van der Waals surface area (Å²) in [6.07, 6.45) is 8.87.